The molecule has 3 nitrogen and oxygen atoms in total. The molecule has 1 rings (SSSR count). The molecule has 0 radical (unpaired) electrons. The maximum atomic E-state index is 5.85. The van der Waals surface area contributed by atoms with Gasteiger partial charge < -0.3 is 14.8 Å². The van der Waals surface area contributed by atoms with Gasteiger partial charge in [-0.25, -0.2) is 0 Å². The van der Waals surface area contributed by atoms with E-state index in [0.29, 0.717) is 0 Å². The van der Waals surface area contributed by atoms with Crippen LogP contribution >= 0.6 is 15.9 Å². The molecule has 96 valence electrons. The summed E-state index contributed by atoms with van der Waals surface area (Å²) in [7, 11) is 1.66. The summed E-state index contributed by atoms with van der Waals surface area (Å²) in [5.41, 5.74) is 1.10. The van der Waals surface area contributed by atoms with Gasteiger partial charge in [0, 0.05) is 16.6 Å². The molecule has 1 aromatic carbocycles. The number of hydrogen-bond donors (Lipinski definition) is 1. The molecular weight excluding hydrogens is 282 g/mol. The normalized spacial score (nSPS) is 10.7. The molecule has 0 saturated carbocycles. The Morgan fingerprint density at radius 1 is 1.35 bits per heavy atom. The molecule has 1 N–H and O–H groups in total. The minimum absolute atomic E-state index is 0.124. The number of ether oxygens (including phenoxy) is 2. The summed E-state index contributed by atoms with van der Waals surface area (Å²) in [4.78, 5) is 0. The van der Waals surface area contributed by atoms with Gasteiger partial charge in [0.2, 0.25) is 0 Å². The smallest absolute Gasteiger partial charge is 0.167 e. The highest BCUT2D eigenvalue weighted by molar-refractivity contribution is 9.10. The molecule has 0 spiro atoms. The molecule has 0 aliphatic rings. The summed E-state index contributed by atoms with van der Waals surface area (Å²) in [5, 5.41) is 3.30. The zero-order chi connectivity index (χ0) is 12.8. The van der Waals surface area contributed by atoms with E-state index >= 15 is 0 Å². The first-order valence-corrected chi connectivity index (χ1v) is 6.62. The SMILES string of the molecule is CCNCc1c(Br)ccc(OC)c1OC(C)C. The molecule has 0 heterocycles. The van der Waals surface area contributed by atoms with Crippen LogP contribution in [-0.4, -0.2) is 19.8 Å². The summed E-state index contributed by atoms with van der Waals surface area (Å²) in [6, 6.07) is 3.90. The van der Waals surface area contributed by atoms with E-state index in [0.717, 1.165) is 34.6 Å². The van der Waals surface area contributed by atoms with Gasteiger partial charge in [-0.05, 0) is 32.5 Å². The molecule has 0 amide bonds. The van der Waals surface area contributed by atoms with Crippen molar-refractivity contribution in [3.8, 4) is 11.5 Å². The Balaban J connectivity index is 3.11. The number of nitrogens with one attached hydrogen (secondary N) is 1. The molecule has 0 fully saturated rings. The molecule has 4 heteroatoms. The maximum Gasteiger partial charge on any atom is 0.167 e. The van der Waals surface area contributed by atoms with Crippen LogP contribution in [0.15, 0.2) is 16.6 Å². The fourth-order valence-electron chi connectivity index (χ4n) is 1.52. The predicted molar refractivity (Wildman–Crippen MR) is 73.8 cm³/mol. The largest absolute Gasteiger partial charge is 0.493 e. The lowest BCUT2D eigenvalue weighted by molar-refractivity contribution is 0.227. The van der Waals surface area contributed by atoms with Gasteiger partial charge in [-0.2, -0.15) is 0 Å². The molecular formula is C13H20BrNO2. The van der Waals surface area contributed by atoms with Gasteiger partial charge >= 0.3 is 0 Å². The van der Waals surface area contributed by atoms with E-state index in [1.165, 1.54) is 0 Å². The van der Waals surface area contributed by atoms with Gasteiger partial charge in [0.15, 0.2) is 11.5 Å². The van der Waals surface area contributed by atoms with Gasteiger partial charge in [0.1, 0.15) is 0 Å². The van der Waals surface area contributed by atoms with Gasteiger partial charge in [-0.1, -0.05) is 22.9 Å². The van der Waals surface area contributed by atoms with Crippen molar-refractivity contribution in [1.82, 2.24) is 5.32 Å². The molecule has 1 aromatic rings. The fraction of sp³-hybridized carbons (Fsp3) is 0.538. The van der Waals surface area contributed by atoms with Crippen molar-refractivity contribution in [2.24, 2.45) is 0 Å². The number of benzene rings is 1. The minimum atomic E-state index is 0.124. The highest BCUT2D eigenvalue weighted by Crippen LogP contribution is 2.36. The van der Waals surface area contributed by atoms with Gasteiger partial charge in [0.25, 0.3) is 0 Å². The summed E-state index contributed by atoms with van der Waals surface area (Å²) >= 11 is 3.56. The van der Waals surface area contributed by atoms with Crippen LogP contribution in [0.2, 0.25) is 0 Å². The van der Waals surface area contributed by atoms with E-state index in [2.05, 4.69) is 28.2 Å². The average Bonchev–Trinajstić information content (AvgIpc) is 2.28. The summed E-state index contributed by atoms with van der Waals surface area (Å²) in [6.07, 6.45) is 0.124. The van der Waals surface area contributed by atoms with Crippen molar-refractivity contribution in [3.05, 3.63) is 22.2 Å². The first kappa shape index (κ1) is 14.3. The van der Waals surface area contributed by atoms with E-state index in [4.69, 9.17) is 9.47 Å². The number of hydrogen-bond acceptors (Lipinski definition) is 3. The summed E-state index contributed by atoms with van der Waals surface area (Å²) < 4.78 is 12.2. The van der Waals surface area contributed by atoms with Gasteiger partial charge in [-0.15, -0.1) is 0 Å². The fourth-order valence-corrected chi connectivity index (χ4v) is 1.98. The maximum absolute atomic E-state index is 5.85. The van der Waals surface area contributed by atoms with Crippen molar-refractivity contribution >= 4 is 15.9 Å². The molecule has 17 heavy (non-hydrogen) atoms. The Kier molecular flexibility index (Phi) is 5.78. The Hall–Kier alpha value is -0.740. The van der Waals surface area contributed by atoms with Gasteiger partial charge in [0.05, 0.1) is 13.2 Å². The topological polar surface area (TPSA) is 30.5 Å². The molecule has 0 aliphatic carbocycles. The van der Waals surface area contributed by atoms with E-state index in [-0.39, 0.29) is 6.10 Å². The molecule has 0 bridgehead atoms. The number of halogens is 1. The van der Waals surface area contributed by atoms with Crippen LogP contribution in [0.5, 0.6) is 11.5 Å². The van der Waals surface area contributed by atoms with Crippen molar-refractivity contribution < 1.29 is 9.47 Å². The van der Waals surface area contributed by atoms with Crippen LogP contribution in [0.3, 0.4) is 0 Å². The predicted octanol–water partition coefficient (Wildman–Crippen LogP) is 3.35. The Morgan fingerprint density at radius 3 is 2.59 bits per heavy atom. The third-order valence-electron chi connectivity index (χ3n) is 2.29. The monoisotopic (exact) mass is 301 g/mol. The molecule has 0 atom stereocenters. The number of methoxy groups -OCH3 is 1. The zero-order valence-corrected chi connectivity index (χ0v) is 12.4. The van der Waals surface area contributed by atoms with Gasteiger partial charge in [-0.3, -0.25) is 0 Å². The summed E-state index contributed by atoms with van der Waals surface area (Å²) in [6.45, 7) is 7.78. The minimum Gasteiger partial charge on any atom is -0.493 e. The molecule has 0 unspecified atom stereocenters. The standard InChI is InChI=1S/C13H20BrNO2/c1-5-15-8-10-11(14)6-7-12(16-4)13(10)17-9(2)3/h6-7,9,15H,5,8H2,1-4H3. The third-order valence-corrected chi connectivity index (χ3v) is 3.04. The Labute approximate surface area is 112 Å². The lowest BCUT2D eigenvalue weighted by atomic mass is 10.1. The third kappa shape index (κ3) is 3.89. The Morgan fingerprint density at radius 2 is 2.06 bits per heavy atom. The van der Waals surface area contributed by atoms with Crippen LogP contribution in [0.25, 0.3) is 0 Å². The quantitative estimate of drug-likeness (QED) is 0.874. The first-order valence-electron chi connectivity index (χ1n) is 5.82. The lowest BCUT2D eigenvalue weighted by Crippen LogP contribution is -2.15. The zero-order valence-electron chi connectivity index (χ0n) is 10.8. The highest BCUT2D eigenvalue weighted by Gasteiger charge is 2.15. The molecule has 0 saturated heterocycles. The van der Waals surface area contributed by atoms with Crippen molar-refractivity contribution in [2.45, 2.75) is 33.4 Å². The van der Waals surface area contributed by atoms with Crippen LogP contribution < -0.4 is 14.8 Å². The van der Waals surface area contributed by atoms with Crippen molar-refractivity contribution in [2.75, 3.05) is 13.7 Å². The van der Waals surface area contributed by atoms with E-state index in [9.17, 15) is 0 Å². The first-order chi connectivity index (χ1) is 8.10. The highest BCUT2D eigenvalue weighted by atomic mass is 79.9. The Bertz CT molecular complexity index is 367. The summed E-state index contributed by atoms with van der Waals surface area (Å²) in [5.74, 6) is 1.59. The molecule has 0 aliphatic heterocycles. The lowest BCUT2D eigenvalue weighted by Gasteiger charge is -2.18. The van der Waals surface area contributed by atoms with Crippen LogP contribution in [0, 0.1) is 0 Å². The second-order valence-corrected chi connectivity index (χ2v) is 4.86. The van der Waals surface area contributed by atoms with Crippen LogP contribution in [-0.2, 0) is 6.54 Å². The van der Waals surface area contributed by atoms with Crippen LogP contribution in [0.1, 0.15) is 26.3 Å². The second-order valence-electron chi connectivity index (χ2n) is 4.00. The number of rotatable bonds is 6. The average molecular weight is 302 g/mol. The van der Waals surface area contributed by atoms with Crippen LogP contribution in [0.4, 0.5) is 0 Å². The molecule has 0 aromatic heterocycles. The van der Waals surface area contributed by atoms with E-state index in [1.807, 2.05) is 26.0 Å². The van der Waals surface area contributed by atoms with E-state index < -0.39 is 0 Å². The van der Waals surface area contributed by atoms with E-state index in [1.54, 1.807) is 7.11 Å². The second kappa shape index (κ2) is 6.87. The van der Waals surface area contributed by atoms with Crippen molar-refractivity contribution in [1.29, 1.82) is 0 Å². The van der Waals surface area contributed by atoms with Crippen molar-refractivity contribution in [3.63, 3.8) is 0 Å².